The SMILES string of the molecule is O=C(Cn1cc(C(F)(F)F)cc(Cl)c1=O)NCCN1CCC(c2ccccc2)C1. The molecule has 1 amide bonds. The van der Waals surface area contributed by atoms with Crippen LogP contribution >= 0.6 is 11.6 Å². The zero-order valence-electron chi connectivity index (χ0n) is 15.6. The van der Waals surface area contributed by atoms with E-state index in [-0.39, 0.29) is 0 Å². The summed E-state index contributed by atoms with van der Waals surface area (Å²) in [4.78, 5) is 26.2. The molecule has 1 aliphatic rings. The van der Waals surface area contributed by atoms with E-state index in [2.05, 4.69) is 22.3 Å². The van der Waals surface area contributed by atoms with Crippen molar-refractivity contribution in [2.24, 2.45) is 0 Å². The van der Waals surface area contributed by atoms with Crippen molar-refractivity contribution >= 4 is 17.5 Å². The predicted octanol–water partition coefficient (Wildman–Crippen LogP) is 3.13. The number of carbonyl (C=O) groups excluding carboxylic acids is 1. The lowest BCUT2D eigenvalue weighted by Crippen LogP contribution is -2.37. The molecule has 2 aromatic rings. The highest BCUT2D eigenvalue weighted by molar-refractivity contribution is 6.30. The third-order valence-electron chi connectivity index (χ3n) is 4.98. The molecular weight excluding hydrogens is 407 g/mol. The van der Waals surface area contributed by atoms with Crippen molar-refractivity contribution in [1.82, 2.24) is 14.8 Å². The number of pyridine rings is 1. The number of rotatable bonds is 6. The van der Waals surface area contributed by atoms with Gasteiger partial charge in [0.15, 0.2) is 0 Å². The monoisotopic (exact) mass is 427 g/mol. The molecule has 1 aromatic carbocycles. The van der Waals surface area contributed by atoms with Gasteiger partial charge in [-0.2, -0.15) is 13.2 Å². The molecule has 1 aromatic heterocycles. The molecule has 0 bridgehead atoms. The number of aromatic nitrogens is 1. The summed E-state index contributed by atoms with van der Waals surface area (Å²) in [6, 6.07) is 10.8. The Balaban J connectivity index is 1.50. The zero-order valence-corrected chi connectivity index (χ0v) is 16.3. The molecule has 1 atom stereocenters. The number of carbonyl (C=O) groups is 1. The molecule has 1 N–H and O–H groups in total. The van der Waals surface area contributed by atoms with Crippen molar-refractivity contribution in [2.75, 3.05) is 26.2 Å². The van der Waals surface area contributed by atoms with Crippen LogP contribution in [0, 0.1) is 0 Å². The summed E-state index contributed by atoms with van der Waals surface area (Å²) < 4.78 is 39.3. The largest absolute Gasteiger partial charge is 0.417 e. The van der Waals surface area contributed by atoms with Crippen molar-refractivity contribution in [3.63, 3.8) is 0 Å². The lowest BCUT2D eigenvalue weighted by Gasteiger charge is -2.17. The van der Waals surface area contributed by atoms with Crippen LogP contribution in [0.2, 0.25) is 5.02 Å². The Kier molecular flexibility index (Phi) is 6.64. The summed E-state index contributed by atoms with van der Waals surface area (Å²) in [5, 5.41) is 2.08. The number of nitrogens with one attached hydrogen (secondary N) is 1. The highest BCUT2D eigenvalue weighted by Gasteiger charge is 2.32. The normalized spacial score (nSPS) is 17.4. The first-order valence-corrected chi connectivity index (χ1v) is 9.63. The standard InChI is InChI=1S/C20H21ClF3N3O2/c21-17-10-16(20(22,23)24)12-27(19(17)29)13-18(28)25-7-9-26-8-6-15(11-26)14-4-2-1-3-5-14/h1-5,10,12,15H,6-9,11,13H2,(H,25,28). The summed E-state index contributed by atoms with van der Waals surface area (Å²) in [5.74, 6) is -0.0842. The van der Waals surface area contributed by atoms with E-state index in [1.165, 1.54) is 5.56 Å². The highest BCUT2D eigenvalue weighted by Crippen LogP contribution is 2.29. The second-order valence-electron chi connectivity index (χ2n) is 7.05. The summed E-state index contributed by atoms with van der Waals surface area (Å²) in [5.41, 5.74) is -0.612. The van der Waals surface area contributed by atoms with Gasteiger partial charge in [-0.15, -0.1) is 0 Å². The van der Waals surface area contributed by atoms with Crippen LogP contribution in [-0.2, 0) is 17.5 Å². The van der Waals surface area contributed by atoms with E-state index in [1.54, 1.807) is 0 Å². The number of hydrogen-bond acceptors (Lipinski definition) is 3. The lowest BCUT2D eigenvalue weighted by atomic mass is 9.99. The fourth-order valence-electron chi connectivity index (χ4n) is 3.47. The van der Waals surface area contributed by atoms with Crippen LogP contribution < -0.4 is 10.9 Å². The second-order valence-corrected chi connectivity index (χ2v) is 7.46. The van der Waals surface area contributed by atoms with Crippen LogP contribution in [0.5, 0.6) is 0 Å². The van der Waals surface area contributed by atoms with Crippen molar-refractivity contribution < 1.29 is 18.0 Å². The molecule has 2 heterocycles. The maximum atomic E-state index is 12.9. The molecule has 1 unspecified atom stereocenters. The Morgan fingerprint density at radius 2 is 1.97 bits per heavy atom. The minimum absolute atomic E-state index is 0.349. The van der Waals surface area contributed by atoms with Crippen LogP contribution in [0.3, 0.4) is 0 Å². The quantitative estimate of drug-likeness (QED) is 0.770. The van der Waals surface area contributed by atoms with Crippen molar-refractivity contribution in [3.8, 4) is 0 Å². The smallest absolute Gasteiger partial charge is 0.353 e. The van der Waals surface area contributed by atoms with E-state index in [0.717, 1.165) is 19.5 Å². The minimum Gasteiger partial charge on any atom is -0.353 e. The average molecular weight is 428 g/mol. The molecule has 0 saturated carbocycles. The maximum Gasteiger partial charge on any atom is 0.417 e. The average Bonchev–Trinajstić information content (AvgIpc) is 3.14. The highest BCUT2D eigenvalue weighted by atomic mass is 35.5. The Morgan fingerprint density at radius 3 is 2.66 bits per heavy atom. The molecule has 9 heteroatoms. The van der Waals surface area contributed by atoms with Gasteiger partial charge in [-0.1, -0.05) is 41.9 Å². The molecule has 0 aliphatic carbocycles. The van der Waals surface area contributed by atoms with Gasteiger partial charge in [-0.05, 0) is 30.5 Å². The zero-order chi connectivity index (χ0) is 21.0. The van der Waals surface area contributed by atoms with Crippen LogP contribution in [0.25, 0.3) is 0 Å². The molecule has 5 nitrogen and oxygen atoms in total. The number of amides is 1. The van der Waals surface area contributed by atoms with E-state index in [1.807, 2.05) is 18.2 Å². The fourth-order valence-corrected chi connectivity index (χ4v) is 3.69. The summed E-state index contributed by atoms with van der Waals surface area (Å²) in [7, 11) is 0. The Bertz CT molecular complexity index is 915. The first kappa shape index (κ1) is 21.4. The van der Waals surface area contributed by atoms with E-state index in [0.29, 0.717) is 35.8 Å². The van der Waals surface area contributed by atoms with Gasteiger partial charge in [-0.25, -0.2) is 0 Å². The van der Waals surface area contributed by atoms with Gasteiger partial charge in [0.2, 0.25) is 5.91 Å². The van der Waals surface area contributed by atoms with Gasteiger partial charge in [-0.3, -0.25) is 9.59 Å². The molecule has 1 saturated heterocycles. The summed E-state index contributed by atoms with van der Waals surface area (Å²) in [6.07, 6.45) is -3.00. The molecule has 0 spiro atoms. The van der Waals surface area contributed by atoms with E-state index in [9.17, 15) is 22.8 Å². The molecular formula is C20H21ClF3N3O2. The van der Waals surface area contributed by atoms with Gasteiger partial charge in [0.1, 0.15) is 11.6 Å². The van der Waals surface area contributed by atoms with Crippen LogP contribution in [0.4, 0.5) is 13.2 Å². The van der Waals surface area contributed by atoms with Crippen molar-refractivity contribution in [1.29, 1.82) is 0 Å². The van der Waals surface area contributed by atoms with Gasteiger partial charge in [0.05, 0.1) is 5.56 Å². The van der Waals surface area contributed by atoms with E-state index >= 15 is 0 Å². The molecule has 156 valence electrons. The maximum absolute atomic E-state index is 12.9. The van der Waals surface area contributed by atoms with Crippen molar-refractivity contribution in [3.05, 3.63) is 69.1 Å². The third-order valence-corrected chi connectivity index (χ3v) is 5.25. The molecule has 0 radical (unpaired) electrons. The number of alkyl halides is 3. The number of nitrogens with zero attached hydrogens (tertiary/aromatic N) is 2. The Morgan fingerprint density at radius 1 is 1.24 bits per heavy atom. The van der Waals surface area contributed by atoms with Gasteiger partial charge < -0.3 is 14.8 Å². The third kappa shape index (κ3) is 5.61. The van der Waals surface area contributed by atoms with Gasteiger partial charge >= 0.3 is 6.18 Å². The van der Waals surface area contributed by atoms with Crippen LogP contribution in [-0.4, -0.2) is 41.6 Å². The number of likely N-dealkylation sites (tertiary alicyclic amines) is 1. The van der Waals surface area contributed by atoms with E-state index in [4.69, 9.17) is 11.6 Å². The predicted molar refractivity (Wildman–Crippen MR) is 104 cm³/mol. The molecule has 1 aliphatic heterocycles. The van der Waals surface area contributed by atoms with Gasteiger partial charge in [0, 0.05) is 25.8 Å². The topological polar surface area (TPSA) is 54.3 Å². The lowest BCUT2D eigenvalue weighted by molar-refractivity contribution is -0.138. The first-order valence-electron chi connectivity index (χ1n) is 9.25. The molecule has 3 rings (SSSR count). The van der Waals surface area contributed by atoms with Gasteiger partial charge in [0.25, 0.3) is 5.56 Å². The summed E-state index contributed by atoms with van der Waals surface area (Å²) >= 11 is 5.59. The number of halogens is 4. The van der Waals surface area contributed by atoms with Crippen LogP contribution in [0.1, 0.15) is 23.5 Å². The van der Waals surface area contributed by atoms with Crippen LogP contribution in [0.15, 0.2) is 47.4 Å². The molecule has 29 heavy (non-hydrogen) atoms. The Labute approximate surface area is 171 Å². The number of hydrogen-bond donors (Lipinski definition) is 1. The molecule has 1 fully saturated rings. The fraction of sp³-hybridized carbons (Fsp3) is 0.400. The minimum atomic E-state index is -4.65. The Hall–Kier alpha value is -2.32. The number of benzene rings is 1. The second kappa shape index (κ2) is 9.00. The first-order chi connectivity index (χ1) is 13.7. The summed E-state index contributed by atoms with van der Waals surface area (Å²) in [6.45, 7) is 2.27. The van der Waals surface area contributed by atoms with Crippen molar-refractivity contribution in [2.45, 2.75) is 25.1 Å². The van der Waals surface area contributed by atoms with E-state index < -0.39 is 34.8 Å².